The van der Waals surface area contributed by atoms with Crippen molar-refractivity contribution in [1.82, 2.24) is 30.0 Å². The lowest BCUT2D eigenvalue weighted by molar-refractivity contribution is -0.137. The third-order valence-electron chi connectivity index (χ3n) is 5.92. The van der Waals surface area contributed by atoms with Gasteiger partial charge in [0.15, 0.2) is 5.82 Å². The van der Waals surface area contributed by atoms with E-state index in [4.69, 9.17) is 4.74 Å². The van der Waals surface area contributed by atoms with Crippen molar-refractivity contribution in [3.63, 3.8) is 0 Å². The molecule has 1 fully saturated rings. The molecule has 12 heteroatoms. The number of piperidine rings is 1. The Hall–Kier alpha value is -3.44. The third-order valence-corrected chi connectivity index (χ3v) is 5.92. The summed E-state index contributed by atoms with van der Waals surface area (Å²) in [4.78, 5) is 30.0. The molecule has 202 valence electrons. The molecule has 2 amide bonds. The van der Waals surface area contributed by atoms with Crippen LogP contribution in [0.5, 0.6) is 0 Å². The predicted octanol–water partition coefficient (Wildman–Crippen LogP) is 4.31. The maximum atomic E-state index is 13.3. The second-order valence-electron chi connectivity index (χ2n) is 9.93. The second-order valence-corrected chi connectivity index (χ2v) is 9.93. The van der Waals surface area contributed by atoms with Crippen LogP contribution in [-0.4, -0.2) is 73.3 Å². The number of rotatable bonds is 6. The summed E-state index contributed by atoms with van der Waals surface area (Å²) in [7, 11) is 0. The number of carbonyl (C=O) groups is 2. The minimum Gasteiger partial charge on any atom is -0.444 e. The van der Waals surface area contributed by atoms with Crippen LogP contribution in [0.25, 0.3) is 6.08 Å². The summed E-state index contributed by atoms with van der Waals surface area (Å²) in [6.45, 7) is 10.3. The van der Waals surface area contributed by atoms with Crippen molar-refractivity contribution in [1.29, 1.82) is 0 Å². The lowest BCUT2D eigenvalue weighted by Gasteiger charge is -2.38. The van der Waals surface area contributed by atoms with Crippen LogP contribution in [0.4, 0.5) is 18.0 Å². The summed E-state index contributed by atoms with van der Waals surface area (Å²) in [5.41, 5.74) is -0.615. The van der Waals surface area contributed by atoms with Gasteiger partial charge in [-0.15, -0.1) is 10.2 Å². The smallest absolute Gasteiger partial charge is 0.416 e. The van der Waals surface area contributed by atoms with Crippen LogP contribution < -0.4 is 0 Å². The molecule has 37 heavy (non-hydrogen) atoms. The Balaban J connectivity index is 1.72. The van der Waals surface area contributed by atoms with Crippen molar-refractivity contribution < 1.29 is 27.5 Å². The Labute approximate surface area is 214 Å². The highest BCUT2D eigenvalue weighted by atomic mass is 19.4. The number of hydrogen-bond donors (Lipinski definition) is 0. The summed E-state index contributed by atoms with van der Waals surface area (Å²) in [6, 6.07) is 3.29. The number of likely N-dealkylation sites (N-methyl/N-ethyl adjacent to an activating group) is 1. The second kappa shape index (κ2) is 11.3. The molecule has 0 spiro atoms. The van der Waals surface area contributed by atoms with Crippen molar-refractivity contribution in [2.24, 2.45) is 0 Å². The lowest BCUT2D eigenvalue weighted by Crippen LogP contribution is -2.49. The Bertz CT molecular complexity index is 1130. The Morgan fingerprint density at radius 2 is 1.86 bits per heavy atom. The molecule has 1 aromatic heterocycles. The van der Waals surface area contributed by atoms with E-state index in [1.165, 1.54) is 23.0 Å². The fraction of sp³-hybridized carbons (Fsp3) is 0.560. The first-order valence-corrected chi connectivity index (χ1v) is 12.2. The van der Waals surface area contributed by atoms with E-state index >= 15 is 0 Å². The van der Waals surface area contributed by atoms with E-state index in [2.05, 4.69) is 15.4 Å². The minimum atomic E-state index is -4.51. The van der Waals surface area contributed by atoms with Gasteiger partial charge in [0, 0.05) is 31.8 Å². The molecule has 1 aliphatic rings. The first-order chi connectivity index (χ1) is 17.3. The number of ether oxygens (including phenoxy) is 1. The molecule has 2 heterocycles. The normalized spacial score (nSPS) is 15.3. The van der Waals surface area contributed by atoms with E-state index in [1.54, 1.807) is 16.7 Å². The van der Waals surface area contributed by atoms with Crippen molar-refractivity contribution in [2.75, 3.05) is 19.6 Å². The Kier molecular flexibility index (Phi) is 8.60. The van der Waals surface area contributed by atoms with Crippen LogP contribution in [0.1, 0.15) is 63.1 Å². The molecule has 0 aliphatic carbocycles. The van der Waals surface area contributed by atoms with E-state index in [1.807, 2.05) is 27.7 Å². The summed E-state index contributed by atoms with van der Waals surface area (Å²) < 4.78 is 45.4. The van der Waals surface area contributed by atoms with Gasteiger partial charge >= 0.3 is 12.3 Å². The third kappa shape index (κ3) is 7.77. The quantitative estimate of drug-likeness (QED) is 0.525. The molecule has 0 N–H and O–H groups in total. The molecule has 2 aromatic rings. The number of aryl methyl sites for hydroxylation is 1. The first kappa shape index (κ1) is 28.1. The standard InChI is InChI=1S/C25H33F3N6O3/c1-6-33(21-11-13-32(14-12-21)23(36)37-24(3,4)5)22(35)10-8-18-7-9-20(25(26,27)28)15-19(18)16-34-30-17(2)29-31-34/h7-10,15,21H,6,11-14,16H2,1-5H3. The van der Waals surface area contributed by atoms with Crippen molar-refractivity contribution in [2.45, 2.75) is 71.8 Å². The molecule has 0 unspecified atom stereocenters. The number of benzene rings is 1. The van der Waals surface area contributed by atoms with E-state index in [0.717, 1.165) is 12.1 Å². The lowest BCUT2D eigenvalue weighted by atomic mass is 10.0. The number of tetrazole rings is 1. The highest BCUT2D eigenvalue weighted by Gasteiger charge is 2.32. The predicted molar refractivity (Wildman–Crippen MR) is 130 cm³/mol. The number of aromatic nitrogens is 4. The van der Waals surface area contributed by atoms with Gasteiger partial charge in [-0.25, -0.2) is 4.79 Å². The van der Waals surface area contributed by atoms with Crippen LogP contribution in [0.3, 0.4) is 0 Å². The number of likely N-dealkylation sites (tertiary alicyclic amines) is 1. The first-order valence-electron chi connectivity index (χ1n) is 12.2. The van der Waals surface area contributed by atoms with Gasteiger partial charge in [0.1, 0.15) is 5.60 Å². The number of alkyl halides is 3. The molecule has 0 bridgehead atoms. The van der Waals surface area contributed by atoms with Crippen LogP contribution >= 0.6 is 0 Å². The molecule has 3 rings (SSSR count). The topological polar surface area (TPSA) is 93.5 Å². The number of nitrogens with zero attached hydrogens (tertiary/aromatic N) is 6. The molecule has 0 saturated carbocycles. The van der Waals surface area contributed by atoms with Gasteiger partial charge in [-0.3, -0.25) is 4.79 Å². The molecule has 1 saturated heterocycles. The van der Waals surface area contributed by atoms with Crippen LogP contribution in [0.15, 0.2) is 24.3 Å². The van der Waals surface area contributed by atoms with Gasteiger partial charge in [-0.1, -0.05) is 6.07 Å². The number of hydrogen-bond acceptors (Lipinski definition) is 6. The maximum absolute atomic E-state index is 13.3. The number of halogens is 3. The van der Waals surface area contributed by atoms with Crippen LogP contribution in [0, 0.1) is 6.92 Å². The van der Waals surface area contributed by atoms with Gasteiger partial charge in [0.05, 0.1) is 12.1 Å². The van der Waals surface area contributed by atoms with Crippen LogP contribution in [0.2, 0.25) is 0 Å². The highest BCUT2D eigenvalue weighted by molar-refractivity contribution is 5.92. The molecular formula is C25H33F3N6O3. The van der Waals surface area contributed by atoms with Gasteiger partial charge < -0.3 is 14.5 Å². The fourth-order valence-corrected chi connectivity index (χ4v) is 4.16. The van der Waals surface area contributed by atoms with E-state index in [9.17, 15) is 22.8 Å². The minimum absolute atomic E-state index is 0.0285. The van der Waals surface area contributed by atoms with E-state index in [0.29, 0.717) is 49.4 Å². The summed E-state index contributed by atoms with van der Waals surface area (Å²) in [5, 5.41) is 11.6. The Morgan fingerprint density at radius 3 is 2.41 bits per heavy atom. The largest absolute Gasteiger partial charge is 0.444 e. The fourth-order valence-electron chi connectivity index (χ4n) is 4.16. The molecule has 0 radical (unpaired) electrons. The number of carbonyl (C=O) groups excluding carboxylic acids is 2. The van der Waals surface area contributed by atoms with Gasteiger partial charge in [0.2, 0.25) is 5.91 Å². The average Bonchev–Trinajstić information content (AvgIpc) is 3.21. The zero-order chi connectivity index (χ0) is 27.4. The van der Waals surface area contributed by atoms with E-state index < -0.39 is 17.3 Å². The molecule has 0 atom stereocenters. The monoisotopic (exact) mass is 522 g/mol. The van der Waals surface area contributed by atoms with Gasteiger partial charge in [-0.2, -0.15) is 18.0 Å². The summed E-state index contributed by atoms with van der Waals surface area (Å²) in [6.07, 6.45) is -0.778. The summed E-state index contributed by atoms with van der Waals surface area (Å²) >= 11 is 0. The molecule has 9 nitrogen and oxygen atoms in total. The molecule has 1 aliphatic heterocycles. The van der Waals surface area contributed by atoms with Gasteiger partial charge in [-0.05, 0) is 82.0 Å². The summed E-state index contributed by atoms with van der Waals surface area (Å²) in [5.74, 6) is 0.148. The number of amides is 2. The molecule has 1 aromatic carbocycles. The SMILES string of the molecule is CCN(C(=O)C=Cc1ccc(C(F)(F)F)cc1Cn1nnc(C)n1)C1CCN(C(=O)OC(C)(C)C)CC1. The average molecular weight is 523 g/mol. The van der Waals surface area contributed by atoms with E-state index in [-0.39, 0.29) is 24.6 Å². The highest BCUT2D eigenvalue weighted by Crippen LogP contribution is 2.31. The van der Waals surface area contributed by atoms with Crippen molar-refractivity contribution in [3.05, 3.63) is 46.8 Å². The maximum Gasteiger partial charge on any atom is 0.416 e. The zero-order valence-electron chi connectivity index (χ0n) is 21.7. The molecular weight excluding hydrogens is 489 g/mol. The van der Waals surface area contributed by atoms with Gasteiger partial charge in [0.25, 0.3) is 0 Å². The van der Waals surface area contributed by atoms with Crippen molar-refractivity contribution in [3.8, 4) is 0 Å². The Morgan fingerprint density at radius 1 is 1.19 bits per heavy atom. The van der Waals surface area contributed by atoms with Crippen LogP contribution in [-0.2, 0) is 22.3 Å². The zero-order valence-corrected chi connectivity index (χ0v) is 21.7. The van der Waals surface area contributed by atoms with Crippen molar-refractivity contribution >= 4 is 18.1 Å².